The first-order valence-electron chi connectivity index (χ1n) is 14.6. The number of benzene rings is 1. The third-order valence-corrected chi connectivity index (χ3v) is 8.23. The molecule has 1 aromatic carbocycles. The molecule has 1 amide bonds. The molecule has 41 heavy (non-hydrogen) atoms. The zero-order chi connectivity index (χ0) is 29.3. The van der Waals surface area contributed by atoms with E-state index in [1.54, 1.807) is 17.2 Å². The van der Waals surface area contributed by atoms with Crippen LogP contribution in [-0.2, 0) is 35.4 Å². The van der Waals surface area contributed by atoms with Gasteiger partial charge in [-0.05, 0) is 62.2 Å². The molecule has 0 radical (unpaired) electrons. The van der Waals surface area contributed by atoms with Crippen molar-refractivity contribution in [3.63, 3.8) is 0 Å². The molecular formula is C30H46N4O6S. The van der Waals surface area contributed by atoms with Crippen molar-refractivity contribution in [3.05, 3.63) is 59.9 Å². The van der Waals surface area contributed by atoms with Gasteiger partial charge in [-0.15, -0.1) is 0 Å². The number of rotatable bonds is 20. The number of sulfonamides is 1. The van der Waals surface area contributed by atoms with Gasteiger partial charge in [-0.1, -0.05) is 31.5 Å². The van der Waals surface area contributed by atoms with Crippen molar-refractivity contribution >= 4 is 21.6 Å². The van der Waals surface area contributed by atoms with Crippen molar-refractivity contribution < 1.29 is 27.4 Å². The van der Waals surface area contributed by atoms with E-state index in [-0.39, 0.29) is 30.7 Å². The number of aromatic nitrogens is 1. The third kappa shape index (κ3) is 12.5. The number of nitrogens with zero attached hydrogens (tertiary/aromatic N) is 3. The second-order valence-electron chi connectivity index (χ2n) is 10.3. The van der Waals surface area contributed by atoms with E-state index >= 15 is 0 Å². The van der Waals surface area contributed by atoms with Crippen LogP contribution in [0.4, 0.5) is 5.69 Å². The van der Waals surface area contributed by atoms with Gasteiger partial charge in [0.2, 0.25) is 15.9 Å². The van der Waals surface area contributed by atoms with Gasteiger partial charge >= 0.3 is 0 Å². The Morgan fingerprint density at radius 2 is 1.71 bits per heavy atom. The number of unbranched alkanes of at least 4 members (excludes halogenated alkanes) is 1. The standard InChI is InChI=1S/C30H46N4O6S/c1-3-4-16-38-17-18-39-19-20-40-21-22-41(36,37)32-28-12-9-10-26(23-28)29(25-34-14-7-8-15-34)33(2)30(35)24-27-11-5-6-13-31-27/h5-6,9-13,23,29,32H,3-4,7-8,14-22,24-25H2,1-2H3/t29-/m1/s1. The first-order valence-corrected chi connectivity index (χ1v) is 16.2. The smallest absolute Gasteiger partial charge is 0.234 e. The Labute approximate surface area is 245 Å². The minimum atomic E-state index is -3.62. The summed E-state index contributed by atoms with van der Waals surface area (Å²) in [5, 5.41) is 0. The van der Waals surface area contributed by atoms with E-state index in [0.717, 1.165) is 56.6 Å². The summed E-state index contributed by atoms with van der Waals surface area (Å²) in [5.41, 5.74) is 2.06. The van der Waals surface area contributed by atoms with Crippen LogP contribution in [-0.4, -0.2) is 101 Å². The molecule has 1 fully saturated rings. The lowest BCUT2D eigenvalue weighted by Gasteiger charge is -2.32. The van der Waals surface area contributed by atoms with Crippen molar-refractivity contribution in [1.29, 1.82) is 0 Å². The molecule has 2 aromatic rings. The number of ether oxygens (including phenoxy) is 3. The average Bonchev–Trinajstić information content (AvgIpc) is 3.48. The highest BCUT2D eigenvalue weighted by Crippen LogP contribution is 2.26. The molecule has 1 aliphatic heterocycles. The van der Waals surface area contributed by atoms with Crippen molar-refractivity contribution in [2.24, 2.45) is 0 Å². The molecule has 0 spiro atoms. The summed E-state index contributed by atoms with van der Waals surface area (Å²) in [7, 11) is -1.81. The van der Waals surface area contributed by atoms with Crippen LogP contribution in [0.1, 0.15) is 49.9 Å². The fourth-order valence-corrected chi connectivity index (χ4v) is 5.54. The summed E-state index contributed by atoms with van der Waals surface area (Å²) in [6.45, 7) is 7.32. The van der Waals surface area contributed by atoms with E-state index in [0.29, 0.717) is 38.7 Å². The molecule has 1 aromatic heterocycles. The Morgan fingerprint density at radius 1 is 1.00 bits per heavy atom. The number of likely N-dealkylation sites (tertiary alicyclic amines) is 1. The molecule has 0 bridgehead atoms. The van der Waals surface area contributed by atoms with Gasteiger partial charge in [-0.2, -0.15) is 0 Å². The molecule has 0 saturated carbocycles. The highest BCUT2D eigenvalue weighted by Gasteiger charge is 2.26. The lowest BCUT2D eigenvalue weighted by Crippen LogP contribution is -2.39. The summed E-state index contributed by atoms with van der Waals surface area (Å²) in [5.74, 6) is -0.208. The van der Waals surface area contributed by atoms with Crippen LogP contribution < -0.4 is 4.72 Å². The minimum absolute atomic E-state index is 0.0379. The molecule has 11 heteroatoms. The molecule has 228 valence electrons. The number of carbonyl (C=O) groups excluding carboxylic acids is 1. The van der Waals surface area contributed by atoms with Crippen LogP contribution in [0.25, 0.3) is 0 Å². The van der Waals surface area contributed by atoms with Gasteiger partial charge in [-0.3, -0.25) is 14.5 Å². The lowest BCUT2D eigenvalue weighted by molar-refractivity contribution is -0.131. The Morgan fingerprint density at radius 3 is 2.39 bits per heavy atom. The number of anilines is 1. The zero-order valence-electron chi connectivity index (χ0n) is 24.5. The number of nitrogens with one attached hydrogen (secondary N) is 1. The Kier molecular flexibility index (Phi) is 14.5. The summed E-state index contributed by atoms with van der Waals surface area (Å²) in [6.07, 6.45) is 6.31. The molecule has 10 nitrogen and oxygen atoms in total. The van der Waals surface area contributed by atoms with Gasteiger partial charge in [0.25, 0.3) is 0 Å². The number of hydrogen-bond acceptors (Lipinski definition) is 8. The summed E-state index contributed by atoms with van der Waals surface area (Å²) in [4.78, 5) is 21.6. The van der Waals surface area contributed by atoms with Gasteiger partial charge in [0.1, 0.15) is 0 Å². The fourth-order valence-electron chi connectivity index (χ4n) is 4.61. The Hall–Kier alpha value is -2.57. The second kappa shape index (κ2) is 18.1. The highest BCUT2D eigenvalue weighted by molar-refractivity contribution is 7.92. The number of amides is 1. The SMILES string of the molecule is CCCCOCCOCCOCCS(=O)(=O)Nc1cccc([C@@H](CN2CCCC2)N(C)C(=O)Cc2ccccn2)c1. The van der Waals surface area contributed by atoms with Crippen LogP contribution in [0.2, 0.25) is 0 Å². The normalized spacial score (nSPS) is 14.7. The van der Waals surface area contributed by atoms with Gasteiger partial charge in [0.05, 0.1) is 51.2 Å². The molecule has 0 aliphatic carbocycles. The van der Waals surface area contributed by atoms with Crippen molar-refractivity contribution in [2.45, 2.75) is 45.1 Å². The van der Waals surface area contributed by atoms with Crippen LogP contribution >= 0.6 is 0 Å². The Balaban J connectivity index is 1.52. The molecule has 1 N–H and O–H groups in total. The molecule has 0 unspecified atom stereocenters. The fraction of sp³-hybridized carbons (Fsp3) is 0.600. The maximum absolute atomic E-state index is 13.2. The molecule has 1 aliphatic rings. The first kappa shape index (κ1) is 32.9. The third-order valence-electron chi connectivity index (χ3n) is 6.98. The first-order chi connectivity index (χ1) is 19.9. The second-order valence-corrected chi connectivity index (χ2v) is 12.1. The summed E-state index contributed by atoms with van der Waals surface area (Å²) < 4.78 is 44.5. The van der Waals surface area contributed by atoms with Crippen LogP contribution in [0, 0.1) is 0 Å². The van der Waals surface area contributed by atoms with Crippen LogP contribution in [0.3, 0.4) is 0 Å². The molecule has 1 atom stereocenters. The number of likely N-dealkylation sites (N-methyl/N-ethyl adjacent to an activating group) is 1. The largest absolute Gasteiger partial charge is 0.379 e. The van der Waals surface area contributed by atoms with Gasteiger partial charge in [-0.25, -0.2) is 8.42 Å². The minimum Gasteiger partial charge on any atom is -0.379 e. The lowest BCUT2D eigenvalue weighted by atomic mass is 10.0. The summed E-state index contributed by atoms with van der Waals surface area (Å²) >= 11 is 0. The predicted molar refractivity (Wildman–Crippen MR) is 160 cm³/mol. The van der Waals surface area contributed by atoms with Crippen LogP contribution in [0.5, 0.6) is 0 Å². The van der Waals surface area contributed by atoms with E-state index in [1.165, 1.54) is 0 Å². The molecule has 3 rings (SSSR count). The maximum Gasteiger partial charge on any atom is 0.234 e. The number of pyridine rings is 1. The Bertz CT molecular complexity index is 1130. The van der Waals surface area contributed by atoms with Gasteiger partial charge in [0.15, 0.2) is 0 Å². The predicted octanol–water partition coefficient (Wildman–Crippen LogP) is 3.51. The summed E-state index contributed by atoms with van der Waals surface area (Å²) in [6, 6.07) is 12.6. The molecule has 1 saturated heterocycles. The van der Waals surface area contributed by atoms with E-state index in [2.05, 4.69) is 21.5 Å². The maximum atomic E-state index is 13.2. The number of hydrogen-bond donors (Lipinski definition) is 1. The molecular weight excluding hydrogens is 544 g/mol. The monoisotopic (exact) mass is 590 g/mol. The van der Waals surface area contributed by atoms with E-state index in [9.17, 15) is 13.2 Å². The average molecular weight is 591 g/mol. The van der Waals surface area contributed by atoms with Gasteiger partial charge in [0, 0.05) is 37.8 Å². The number of carbonyl (C=O) groups is 1. The quantitative estimate of drug-likeness (QED) is 0.233. The van der Waals surface area contributed by atoms with Crippen LogP contribution in [0.15, 0.2) is 48.7 Å². The van der Waals surface area contributed by atoms with E-state index in [1.807, 2.05) is 43.4 Å². The zero-order valence-corrected chi connectivity index (χ0v) is 25.3. The van der Waals surface area contributed by atoms with Crippen molar-refractivity contribution in [1.82, 2.24) is 14.8 Å². The van der Waals surface area contributed by atoms with Gasteiger partial charge < -0.3 is 24.0 Å². The molecule has 2 heterocycles. The van der Waals surface area contributed by atoms with E-state index < -0.39 is 10.0 Å². The van der Waals surface area contributed by atoms with Crippen molar-refractivity contribution in [2.75, 3.05) is 76.8 Å². The van der Waals surface area contributed by atoms with Crippen molar-refractivity contribution in [3.8, 4) is 0 Å². The van der Waals surface area contributed by atoms with E-state index in [4.69, 9.17) is 14.2 Å². The highest BCUT2D eigenvalue weighted by atomic mass is 32.2. The topological polar surface area (TPSA) is 110 Å².